The lowest BCUT2D eigenvalue weighted by Crippen LogP contribution is -2.43. The van der Waals surface area contributed by atoms with Gasteiger partial charge in [-0.3, -0.25) is 4.79 Å². The Balaban J connectivity index is -0.000000739. The topological polar surface area (TPSA) is 46.3 Å². The summed E-state index contributed by atoms with van der Waals surface area (Å²) in [7, 11) is 0. The van der Waals surface area contributed by atoms with Crippen molar-refractivity contribution in [2.45, 2.75) is 67.3 Å². The molecule has 0 aromatic heterocycles. The summed E-state index contributed by atoms with van der Waals surface area (Å²) in [6, 6.07) is -0.431. The molecule has 0 spiro atoms. The third kappa shape index (κ3) is 11.0. The van der Waals surface area contributed by atoms with E-state index in [4.69, 9.17) is 5.73 Å². The second-order valence-corrected chi connectivity index (χ2v) is 3.83. The van der Waals surface area contributed by atoms with Crippen molar-refractivity contribution in [3.8, 4) is 0 Å². The predicted octanol–water partition coefficient (Wildman–Crippen LogP) is 4.66. The molecule has 0 heterocycles. The standard InChI is InChI=1S/C14H24N2O.2C2H6/c1-5-9-12(10-6-2)16(11-7-3)14(17)13(15)8-4;2*1-2/h5-6,9-10,13H,1,7-8,11,15H2,2-4H3;2*1-2H3/b10-6-,12-9+;;. The Morgan fingerprint density at radius 3 is 2.10 bits per heavy atom. The molecule has 0 fully saturated rings. The highest BCUT2D eigenvalue weighted by molar-refractivity contribution is 5.83. The van der Waals surface area contributed by atoms with E-state index in [2.05, 4.69) is 6.58 Å². The summed E-state index contributed by atoms with van der Waals surface area (Å²) >= 11 is 0. The molecule has 0 aromatic carbocycles. The fourth-order valence-electron chi connectivity index (χ4n) is 1.49. The minimum absolute atomic E-state index is 0.0273. The van der Waals surface area contributed by atoms with Crippen LogP contribution in [-0.2, 0) is 4.79 Å². The summed E-state index contributed by atoms with van der Waals surface area (Å²) in [5.74, 6) is -0.0273. The van der Waals surface area contributed by atoms with Gasteiger partial charge in [0.1, 0.15) is 0 Å². The molecule has 3 nitrogen and oxygen atoms in total. The Kier molecular flexibility index (Phi) is 21.9. The lowest BCUT2D eigenvalue weighted by Gasteiger charge is -2.25. The van der Waals surface area contributed by atoms with Crippen molar-refractivity contribution in [2.24, 2.45) is 5.73 Å². The number of nitrogens with zero attached hydrogens (tertiary/aromatic N) is 1. The minimum Gasteiger partial charge on any atom is -0.320 e. The van der Waals surface area contributed by atoms with Gasteiger partial charge in [0.2, 0.25) is 5.91 Å². The van der Waals surface area contributed by atoms with Crippen LogP contribution < -0.4 is 5.73 Å². The zero-order chi connectivity index (χ0) is 17.3. The van der Waals surface area contributed by atoms with E-state index < -0.39 is 6.04 Å². The smallest absolute Gasteiger partial charge is 0.243 e. The van der Waals surface area contributed by atoms with Crippen molar-refractivity contribution in [2.75, 3.05) is 6.54 Å². The molecule has 1 unspecified atom stereocenters. The predicted molar refractivity (Wildman–Crippen MR) is 96.1 cm³/mol. The molecule has 0 saturated carbocycles. The van der Waals surface area contributed by atoms with Gasteiger partial charge < -0.3 is 10.6 Å². The van der Waals surface area contributed by atoms with Gasteiger partial charge in [-0.05, 0) is 31.9 Å². The van der Waals surface area contributed by atoms with Gasteiger partial charge in [-0.15, -0.1) is 0 Å². The van der Waals surface area contributed by atoms with Crippen molar-refractivity contribution < 1.29 is 4.79 Å². The second-order valence-electron chi connectivity index (χ2n) is 3.83. The van der Waals surface area contributed by atoms with Crippen LogP contribution in [0.5, 0.6) is 0 Å². The van der Waals surface area contributed by atoms with Crippen LogP contribution >= 0.6 is 0 Å². The van der Waals surface area contributed by atoms with Crippen LogP contribution in [0.2, 0.25) is 0 Å². The van der Waals surface area contributed by atoms with Crippen molar-refractivity contribution >= 4 is 5.91 Å². The number of rotatable bonds is 7. The molecule has 0 bridgehead atoms. The SMILES string of the molecule is C=C/C=C(\C=C/C)N(CCC)C(=O)C(N)CC.CC.CC. The van der Waals surface area contributed by atoms with E-state index in [0.717, 1.165) is 12.1 Å². The van der Waals surface area contributed by atoms with Gasteiger partial charge in [0.15, 0.2) is 0 Å². The molecule has 0 saturated heterocycles. The normalized spacial score (nSPS) is 11.7. The first kappa shape index (κ1) is 24.7. The molecule has 2 N–H and O–H groups in total. The van der Waals surface area contributed by atoms with E-state index in [9.17, 15) is 4.79 Å². The van der Waals surface area contributed by atoms with Gasteiger partial charge in [0, 0.05) is 12.2 Å². The number of hydrogen-bond acceptors (Lipinski definition) is 2. The summed E-state index contributed by atoms with van der Waals surface area (Å²) in [6.45, 7) is 18.2. The third-order valence-electron chi connectivity index (χ3n) is 2.41. The van der Waals surface area contributed by atoms with Crippen LogP contribution in [-0.4, -0.2) is 23.4 Å². The van der Waals surface area contributed by atoms with Crippen LogP contribution in [0.25, 0.3) is 0 Å². The Morgan fingerprint density at radius 1 is 1.24 bits per heavy atom. The van der Waals surface area contributed by atoms with Crippen LogP contribution in [0.3, 0.4) is 0 Å². The van der Waals surface area contributed by atoms with Gasteiger partial charge in [0.25, 0.3) is 0 Å². The Labute approximate surface area is 132 Å². The summed E-state index contributed by atoms with van der Waals surface area (Å²) in [4.78, 5) is 13.9. The summed E-state index contributed by atoms with van der Waals surface area (Å²) < 4.78 is 0. The molecular formula is C18H36N2O. The summed E-state index contributed by atoms with van der Waals surface area (Å²) in [6.07, 6.45) is 8.86. The molecule has 0 rings (SSSR count). The van der Waals surface area contributed by atoms with Crippen molar-refractivity contribution in [3.05, 3.63) is 36.6 Å². The van der Waals surface area contributed by atoms with Crippen molar-refractivity contribution in [1.82, 2.24) is 4.90 Å². The Bertz CT molecular complexity index is 306. The number of carbonyl (C=O) groups is 1. The number of nitrogens with two attached hydrogens (primary N) is 1. The first-order chi connectivity index (χ1) is 10.1. The summed E-state index contributed by atoms with van der Waals surface area (Å²) in [5.41, 5.74) is 6.66. The number of allylic oxidation sites excluding steroid dienone is 4. The molecule has 3 heteroatoms. The summed E-state index contributed by atoms with van der Waals surface area (Å²) in [5, 5.41) is 0. The van der Waals surface area contributed by atoms with E-state index in [1.165, 1.54) is 0 Å². The van der Waals surface area contributed by atoms with E-state index in [-0.39, 0.29) is 5.91 Å². The van der Waals surface area contributed by atoms with Crippen LogP contribution in [0.4, 0.5) is 0 Å². The molecular weight excluding hydrogens is 260 g/mol. The highest BCUT2D eigenvalue weighted by Gasteiger charge is 2.20. The molecule has 1 atom stereocenters. The third-order valence-corrected chi connectivity index (χ3v) is 2.41. The highest BCUT2D eigenvalue weighted by atomic mass is 16.2. The van der Waals surface area contributed by atoms with Gasteiger partial charge in [0.05, 0.1) is 6.04 Å². The molecule has 124 valence electrons. The first-order valence-corrected chi connectivity index (χ1v) is 8.14. The average molecular weight is 296 g/mol. The Morgan fingerprint density at radius 2 is 1.76 bits per heavy atom. The number of amides is 1. The van der Waals surface area contributed by atoms with E-state index in [1.54, 1.807) is 11.0 Å². The van der Waals surface area contributed by atoms with Crippen LogP contribution in [0.1, 0.15) is 61.3 Å². The quantitative estimate of drug-likeness (QED) is 0.694. The minimum atomic E-state index is -0.431. The lowest BCUT2D eigenvalue weighted by atomic mass is 10.2. The zero-order valence-corrected chi connectivity index (χ0v) is 15.1. The maximum Gasteiger partial charge on any atom is 0.243 e. The van der Waals surface area contributed by atoms with E-state index in [1.807, 2.05) is 66.7 Å². The average Bonchev–Trinajstić information content (AvgIpc) is 2.55. The first-order valence-electron chi connectivity index (χ1n) is 8.14. The second kappa shape index (κ2) is 18.7. The monoisotopic (exact) mass is 296 g/mol. The molecule has 0 aromatic rings. The van der Waals surface area contributed by atoms with Gasteiger partial charge in [-0.2, -0.15) is 0 Å². The molecule has 0 aliphatic heterocycles. The molecule has 21 heavy (non-hydrogen) atoms. The zero-order valence-electron chi connectivity index (χ0n) is 15.1. The number of carbonyl (C=O) groups excluding carboxylic acids is 1. The van der Waals surface area contributed by atoms with Crippen LogP contribution in [0.15, 0.2) is 36.6 Å². The van der Waals surface area contributed by atoms with Gasteiger partial charge in [-0.1, -0.05) is 60.3 Å². The maximum atomic E-state index is 12.1. The Hall–Kier alpha value is -1.35. The van der Waals surface area contributed by atoms with E-state index in [0.29, 0.717) is 13.0 Å². The lowest BCUT2D eigenvalue weighted by molar-refractivity contribution is -0.130. The maximum absolute atomic E-state index is 12.1. The molecule has 1 amide bonds. The fourth-order valence-corrected chi connectivity index (χ4v) is 1.49. The number of hydrogen-bond donors (Lipinski definition) is 1. The molecule has 0 aliphatic carbocycles. The fraction of sp³-hybridized carbons (Fsp3) is 0.611. The van der Waals surface area contributed by atoms with Crippen molar-refractivity contribution in [1.29, 1.82) is 0 Å². The van der Waals surface area contributed by atoms with Gasteiger partial charge >= 0.3 is 0 Å². The molecule has 0 radical (unpaired) electrons. The molecule has 0 aliphatic rings. The van der Waals surface area contributed by atoms with Gasteiger partial charge in [-0.25, -0.2) is 0 Å². The van der Waals surface area contributed by atoms with Crippen LogP contribution in [0, 0.1) is 0 Å². The largest absolute Gasteiger partial charge is 0.320 e. The van der Waals surface area contributed by atoms with Crippen molar-refractivity contribution in [3.63, 3.8) is 0 Å². The van der Waals surface area contributed by atoms with E-state index >= 15 is 0 Å². The highest BCUT2D eigenvalue weighted by Crippen LogP contribution is 2.11.